The van der Waals surface area contributed by atoms with Gasteiger partial charge < -0.3 is 15.4 Å². The number of ether oxygens (including phenoxy) is 1. The number of halogens is 1. The van der Waals surface area contributed by atoms with Crippen molar-refractivity contribution < 1.29 is 14.3 Å². The number of hydrogen-bond donors (Lipinski definition) is 1. The highest BCUT2D eigenvalue weighted by Gasteiger charge is 2.43. The van der Waals surface area contributed by atoms with Gasteiger partial charge in [0.1, 0.15) is 5.60 Å². The molecule has 0 saturated carbocycles. The van der Waals surface area contributed by atoms with Crippen LogP contribution in [-0.2, 0) is 14.9 Å². The first-order chi connectivity index (χ1) is 10.6. The molecule has 0 bridgehead atoms. The molecule has 1 aromatic carbocycles. The summed E-state index contributed by atoms with van der Waals surface area (Å²) < 4.78 is 6.34. The lowest BCUT2D eigenvalue weighted by Crippen LogP contribution is -2.52. The van der Waals surface area contributed by atoms with E-state index >= 15 is 0 Å². The fourth-order valence-corrected chi connectivity index (χ4v) is 3.11. The Morgan fingerprint density at radius 1 is 1.17 bits per heavy atom. The zero-order chi connectivity index (χ0) is 17.3. The Hall–Kier alpha value is -1.56. The fraction of sp³-hybridized carbons (Fsp3) is 0.529. The highest BCUT2D eigenvalue weighted by molar-refractivity contribution is 9.10. The first-order valence-corrected chi connectivity index (χ1v) is 8.47. The smallest absolute Gasteiger partial charge is 0.410 e. The highest BCUT2D eigenvalue weighted by Crippen LogP contribution is 2.36. The third kappa shape index (κ3) is 4.05. The topological polar surface area (TPSA) is 72.6 Å². The van der Waals surface area contributed by atoms with Gasteiger partial charge in [-0.3, -0.25) is 4.79 Å². The van der Waals surface area contributed by atoms with Crippen molar-refractivity contribution in [2.24, 2.45) is 5.73 Å². The van der Waals surface area contributed by atoms with Crippen LogP contribution in [0.4, 0.5) is 4.79 Å². The second-order valence-corrected chi connectivity index (χ2v) is 7.84. The van der Waals surface area contributed by atoms with Gasteiger partial charge in [0.15, 0.2) is 0 Å². The maximum atomic E-state index is 12.2. The van der Waals surface area contributed by atoms with Crippen LogP contribution in [0.1, 0.15) is 39.2 Å². The molecule has 6 heteroatoms. The molecule has 1 aliphatic heterocycles. The zero-order valence-corrected chi connectivity index (χ0v) is 15.4. The maximum Gasteiger partial charge on any atom is 0.410 e. The van der Waals surface area contributed by atoms with E-state index in [-0.39, 0.29) is 12.0 Å². The number of nitrogens with two attached hydrogens (primary N) is 1. The monoisotopic (exact) mass is 382 g/mol. The molecule has 1 aliphatic rings. The molecule has 23 heavy (non-hydrogen) atoms. The summed E-state index contributed by atoms with van der Waals surface area (Å²) in [7, 11) is 0. The van der Waals surface area contributed by atoms with E-state index in [0.29, 0.717) is 25.9 Å². The summed E-state index contributed by atoms with van der Waals surface area (Å²) >= 11 is 3.40. The molecular formula is C17H23BrN2O3. The van der Waals surface area contributed by atoms with Crippen LogP contribution in [0.3, 0.4) is 0 Å². The average molecular weight is 383 g/mol. The second kappa shape index (κ2) is 6.51. The molecule has 1 saturated heterocycles. The summed E-state index contributed by atoms with van der Waals surface area (Å²) in [5, 5.41) is 0. The van der Waals surface area contributed by atoms with Crippen molar-refractivity contribution in [2.75, 3.05) is 13.1 Å². The van der Waals surface area contributed by atoms with Crippen LogP contribution >= 0.6 is 15.9 Å². The fourth-order valence-electron chi connectivity index (χ4n) is 2.84. The Kier molecular flexibility index (Phi) is 5.04. The normalized spacial score (nSPS) is 17.7. The first-order valence-electron chi connectivity index (χ1n) is 7.68. The Morgan fingerprint density at radius 2 is 1.70 bits per heavy atom. The predicted molar refractivity (Wildman–Crippen MR) is 92.1 cm³/mol. The minimum Gasteiger partial charge on any atom is -0.444 e. The van der Waals surface area contributed by atoms with E-state index in [1.54, 1.807) is 4.90 Å². The minimum atomic E-state index is -0.723. The Bertz CT molecular complexity index is 585. The lowest BCUT2D eigenvalue weighted by molar-refractivity contribution is -0.125. The molecule has 0 unspecified atom stereocenters. The van der Waals surface area contributed by atoms with Crippen LogP contribution in [0.5, 0.6) is 0 Å². The van der Waals surface area contributed by atoms with Crippen molar-refractivity contribution >= 4 is 27.9 Å². The van der Waals surface area contributed by atoms with E-state index in [0.717, 1.165) is 10.0 Å². The van der Waals surface area contributed by atoms with E-state index in [2.05, 4.69) is 15.9 Å². The standard InChI is InChI=1S/C17H23BrN2O3/c1-16(2,3)23-15(22)20-10-8-17(9-11-20,14(19)21)12-4-6-13(18)7-5-12/h4-7H,8-11H2,1-3H3,(H2,19,21). The largest absolute Gasteiger partial charge is 0.444 e. The number of benzene rings is 1. The van der Waals surface area contributed by atoms with Crippen molar-refractivity contribution in [1.29, 1.82) is 0 Å². The van der Waals surface area contributed by atoms with E-state index in [4.69, 9.17) is 10.5 Å². The number of amides is 2. The van der Waals surface area contributed by atoms with Crippen molar-refractivity contribution in [1.82, 2.24) is 4.90 Å². The molecule has 1 fully saturated rings. The zero-order valence-electron chi connectivity index (χ0n) is 13.8. The van der Waals surface area contributed by atoms with Gasteiger partial charge in [-0.1, -0.05) is 28.1 Å². The maximum absolute atomic E-state index is 12.2. The highest BCUT2D eigenvalue weighted by atomic mass is 79.9. The summed E-state index contributed by atoms with van der Waals surface area (Å²) in [6.45, 7) is 6.42. The SMILES string of the molecule is CC(C)(C)OC(=O)N1CCC(C(N)=O)(c2ccc(Br)cc2)CC1. The molecule has 5 nitrogen and oxygen atoms in total. The summed E-state index contributed by atoms with van der Waals surface area (Å²) in [6, 6.07) is 7.64. The third-order valence-electron chi connectivity index (χ3n) is 4.14. The number of hydrogen-bond acceptors (Lipinski definition) is 3. The molecule has 0 radical (unpaired) electrons. The number of piperidine rings is 1. The number of likely N-dealkylation sites (tertiary alicyclic amines) is 1. The summed E-state index contributed by atoms with van der Waals surface area (Å²) in [5.41, 5.74) is 5.36. The molecule has 0 spiro atoms. The van der Waals surface area contributed by atoms with Crippen LogP contribution in [0.25, 0.3) is 0 Å². The molecule has 1 heterocycles. The molecule has 126 valence electrons. The Labute approximate surface area is 145 Å². The molecule has 0 aliphatic carbocycles. The van der Waals surface area contributed by atoms with Crippen LogP contribution in [0, 0.1) is 0 Å². The minimum absolute atomic E-state index is 0.341. The van der Waals surface area contributed by atoms with Gasteiger partial charge in [-0.25, -0.2) is 4.79 Å². The average Bonchev–Trinajstić information content (AvgIpc) is 2.46. The number of rotatable bonds is 2. The summed E-state index contributed by atoms with van der Waals surface area (Å²) in [6.07, 6.45) is 0.665. The second-order valence-electron chi connectivity index (χ2n) is 6.92. The molecule has 0 aromatic heterocycles. The Balaban J connectivity index is 2.14. The molecule has 0 atom stereocenters. The van der Waals surface area contributed by atoms with Crippen LogP contribution in [-0.4, -0.2) is 35.6 Å². The first kappa shape index (κ1) is 17.8. The number of nitrogens with zero attached hydrogens (tertiary/aromatic N) is 1. The quantitative estimate of drug-likeness (QED) is 0.853. The van der Waals surface area contributed by atoms with Crippen molar-refractivity contribution in [3.8, 4) is 0 Å². The number of primary amides is 1. The van der Waals surface area contributed by atoms with Gasteiger partial charge in [0, 0.05) is 17.6 Å². The van der Waals surface area contributed by atoms with E-state index in [1.807, 2.05) is 45.0 Å². The van der Waals surface area contributed by atoms with Crippen molar-refractivity contribution in [3.63, 3.8) is 0 Å². The number of carbonyl (C=O) groups excluding carboxylic acids is 2. The molecule has 2 rings (SSSR count). The van der Waals surface area contributed by atoms with Gasteiger partial charge >= 0.3 is 6.09 Å². The number of carbonyl (C=O) groups is 2. The van der Waals surface area contributed by atoms with Gasteiger partial charge in [-0.15, -0.1) is 0 Å². The van der Waals surface area contributed by atoms with Gasteiger partial charge in [0.2, 0.25) is 5.91 Å². The summed E-state index contributed by atoms with van der Waals surface area (Å²) in [4.78, 5) is 25.9. The molecule has 1 aromatic rings. The molecule has 2 amide bonds. The lowest BCUT2D eigenvalue weighted by atomic mass is 9.72. The van der Waals surface area contributed by atoms with Gasteiger partial charge in [0.25, 0.3) is 0 Å². The van der Waals surface area contributed by atoms with Crippen LogP contribution in [0.15, 0.2) is 28.7 Å². The van der Waals surface area contributed by atoms with Gasteiger partial charge in [-0.05, 0) is 51.3 Å². The van der Waals surface area contributed by atoms with Crippen LogP contribution in [0.2, 0.25) is 0 Å². The molecular weight excluding hydrogens is 360 g/mol. The van der Waals surface area contributed by atoms with Gasteiger partial charge in [-0.2, -0.15) is 0 Å². The third-order valence-corrected chi connectivity index (χ3v) is 4.67. The predicted octanol–water partition coefficient (Wildman–Crippen LogP) is 3.20. The van der Waals surface area contributed by atoms with Crippen molar-refractivity contribution in [3.05, 3.63) is 34.3 Å². The molecule has 2 N–H and O–H groups in total. The Morgan fingerprint density at radius 3 is 2.13 bits per heavy atom. The van der Waals surface area contributed by atoms with Gasteiger partial charge in [0.05, 0.1) is 5.41 Å². The summed E-state index contributed by atoms with van der Waals surface area (Å²) in [5.74, 6) is -0.344. The van der Waals surface area contributed by atoms with Crippen molar-refractivity contribution in [2.45, 2.75) is 44.6 Å². The van der Waals surface area contributed by atoms with E-state index in [9.17, 15) is 9.59 Å². The van der Waals surface area contributed by atoms with E-state index in [1.165, 1.54) is 0 Å². The van der Waals surface area contributed by atoms with E-state index < -0.39 is 11.0 Å². The van der Waals surface area contributed by atoms with Crippen LogP contribution < -0.4 is 5.73 Å². The lowest BCUT2D eigenvalue weighted by Gasteiger charge is -2.40.